The van der Waals surface area contributed by atoms with Crippen molar-refractivity contribution in [1.29, 1.82) is 0 Å². The first-order valence-corrected chi connectivity index (χ1v) is 7.26. The molecule has 0 spiro atoms. The number of rotatable bonds is 2. The van der Waals surface area contributed by atoms with Gasteiger partial charge in [0.1, 0.15) is 5.69 Å². The van der Waals surface area contributed by atoms with Crippen LogP contribution in [0.2, 0.25) is 0 Å². The molecule has 2 heterocycles. The highest BCUT2D eigenvalue weighted by Gasteiger charge is 2.23. The van der Waals surface area contributed by atoms with Gasteiger partial charge in [0, 0.05) is 37.2 Å². The Balaban J connectivity index is 1.62. The van der Waals surface area contributed by atoms with Crippen molar-refractivity contribution < 1.29 is 4.79 Å². The molecule has 1 aliphatic rings. The summed E-state index contributed by atoms with van der Waals surface area (Å²) in [7, 11) is 0. The number of carbonyl (C=O) groups is 1. The Kier molecular flexibility index (Phi) is 3.46. The highest BCUT2D eigenvalue weighted by Crippen LogP contribution is 2.16. The monoisotopic (exact) mass is 273 g/mol. The summed E-state index contributed by atoms with van der Waals surface area (Å²) in [5.41, 5.74) is 3.49. The largest absolute Gasteiger partial charge is 0.368 e. The van der Waals surface area contributed by atoms with Crippen LogP contribution in [0.5, 0.6) is 0 Å². The van der Waals surface area contributed by atoms with Crippen molar-refractivity contribution in [2.75, 3.05) is 31.1 Å². The second-order valence-electron chi connectivity index (χ2n) is 4.49. The lowest BCUT2D eigenvalue weighted by Gasteiger charge is -2.35. The van der Waals surface area contributed by atoms with E-state index in [0.717, 1.165) is 26.2 Å². The number of carbonyl (C=O) groups excluding carboxylic acids is 1. The van der Waals surface area contributed by atoms with Crippen molar-refractivity contribution in [2.24, 2.45) is 0 Å². The van der Waals surface area contributed by atoms with Gasteiger partial charge in [-0.1, -0.05) is 18.2 Å². The maximum absolute atomic E-state index is 12.2. The van der Waals surface area contributed by atoms with Crippen LogP contribution in [-0.4, -0.2) is 42.0 Å². The minimum atomic E-state index is 0.0500. The molecule has 0 bridgehead atoms. The lowest BCUT2D eigenvalue weighted by atomic mass is 10.2. The predicted molar refractivity (Wildman–Crippen MR) is 76.7 cm³/mol. The van der Waals surface area contributed by atoms with E-state index in [1.54, 1.807) is 5.51 Å². The Hall–Kier alpha value is -1.88. The van der Waals surface area contributed by atoms with Crippen LogP contribution < -0.4 is 4.90 Å². The highest BCUT2D eigenvalue weighted by molar-refractivity contribution is 7.07. The maximum atomic E-state index is 12.2. The summed E-state index contributed by atoms with van der Waals surface area (Å²) < 4.78 is 0. The molecule has 1 aromatic carbocycles. The molecule has 19 heavy (non-hydrogen) atoms. The standard InChI is InChI=1S/C14H15N3OS/c18-14(13-10-19-11-15-13)17-8-6-16(7-9-17)12-4-2-1-3-5-12/h1-5,10-11H,6-9H2. The normalized spacial score (nSPS) is 15.6. The van der Waals surface area contributed by atoms with Gasteiger partial charge in [-0.15, -0.1) is 11.3 Å². The summed E-state index contributed by atoms with van der Waals surface area (Å²) in [5.74, 6) is 0.0500. The zero-order chi connectivity index (χ0) is 13.1. The minimum absolute atomic E-state index is 0.0500. The van der Waals surface area contributed by atoms with Gasteiger partial charge >= 0.3 is 0 Å². The van der Waals surface area contributed by atoms with Gasteiger partial charge in [-0.3, -0.25) is 4.79 Å². The van der Waals surface area contributed by atoms with E-state index >= 15 is 0 Å². The molecule has 0 radical (unpaired) electrons. The molecular formula is C14H15N3OS. The summed E-state index contributed by atoms with van der Waals surface area (Å²) in [6, 6.07) is 10.3. The molecule has 1 fully saturated rings. The molecule has 1 aliphatic heterocycles. The number of piperazine rings is 1. The van der Waals surface area contributed by atoms with Crippen molar-refractivity contribution in [1.82, 2.24) is 9.88 Å². The zero-order valence-corrected chi connectivity index (χ0v) is 11.3. The van der Waals surface area contributed by atoms with Gasteiger partial charge in [0.2, 0.25) is 0 Å². The number of aromatic nitrogens is 1. The van der Waals surface area contributed by atoms with Crippen LogP contribution in [-0.2, 0) is 0 Å². The van der Waals surface area contributed by atoms with Crippen molar-refractivity contribution in [2.45, 2.75) is 0 Å². The van der Waals surface area contributed by atoms with Gasteiger partial charge in [-0.2, -0.15) is 0 Å². The summed E-state index contributed by atoms with van der Waals surface area (Å²) >= 11 is 1.46. The van der Waals surface area contributed by atoms with Gasteiger partial charge in [0.15, 0.2) is 0 Å². The molecule has 0 aliphatic carbocycles. The lowest BCUT2D eigenvalue weighted by molar-refractivity contribution is 0.0741. The van der Waals surface area contributed by atoms with E-state index in [1.165, 1.54) is 17.0 Å². The second kappa shape index (κ2) is 5.40. The van der Waals surface area contributed by atoms with Crippen LogP contribution in [0.25, 0.3) is 0 Å². The zero-order valence-electron chi connectivity index (χ0n) is 10.5. The van der Waals surface area contributed by atoms with Gasteiger partial charge in [-0.05, 0) is 12.1 Å². The Morgan fingerprint density at radius 2 is 1.84 bits per heavy atom. The van der Waals surface area contributed by atoms with Gasteiger partial charge < -0.3 is 9.80 Å². The topological polar surface area (TPSA) is 36.4 Å². The van der Waals surface area contributed by atoms with Crippen molar-refractivity contribution >= 4 is 22.9 Å². The molecule has 4 nitrogen and oxygen atoms in total. The summed E-state index contributed by atoms with van der Waals surface area (Å²) in [5, 5.41) is 1.81. The summed E-state index contributed by atoms with van der Waals surface area (Å²) in [6.07, 6.45) is 0. The van der Waals surface area contributed by atoms with Gasteiger partial charge in [0.05, 0.1) is 5.51 Å². The first-order chi connectivity index (χ1) is 9.34. The number of anilines is 1. The number of amides is 1. The summed E-state index contributed by atoms with van der Waals surface area (Å²) in [4.78, 5) is 20.4. The van der Waals surface area contributed by atoms with Crippen LogP contribution in [0.3, 0.4) is 0 Å². The van der Waals surface area contributed by atoms with Crippen molar-refractivity contribution in [3.05, 3.63) is 46.9 Å². The van der Waals surface area contributed by atoms with Crippen LogP contribution >= 0.6 is 11.3 Å². The quantitative estimate of drug-likeness (QED) is 0.841. The van der Waals surface area contributed by atoms with Crippen LogP contribution in [0.15, 0.2) is 41.2 Å². The highest BCUT2D eigenvalue weighted by atomic mass is 32.1. The third kappa shape index (κ3) is 2.61. The first-order valence-electron chi connectivity index (χ1n) is 6.32. The minimum Gasteiger partial charge on any atom is -0.368 e. The van der Waals surface area contributed by atoms with Crippen molar-refractivity contribution in [3.8, 4) is 0 Å². The molecule has 0 unspecified atom stereocenters. The molecule has 1 amide bonds. The van der Waals surface area contributed by atoms with Crippen LogP contribution in [0.4, 0.5) is 5.69 Å². The van der Waals surface area contributed by atoms with Crippen LogP contribution in [0.1, 0.15) is 10.5 Å². The first kappa shape index (κ1) is 12.2. The van der Waals surface area contributed by atoms with E-state index in [4.69, 9.17) is 0 Å². The van der Waals surface area contributed by atoms with Crippen molar-refractivity contribution in [3.63, 3.8) is 0 Å². The summed E-state index contributed by atoms with van der Waals surface area (Å²) in [6.45, 7) is 3.26. The lowest BCUT2D eigenvalue weighted by Crippen LogP contribution is -2.48. The number of thiazole rings is 1. The molecule has 0 atom stereocenters. The fraction of sp³-hybridized carbons (Fsp3) is 0.286. The average Bonchev–Trinajstić information content (AvgIpc) is 3.02. The van der Waals surface area contributed by atoms with Gasteiger partial charge in [0.25, 0.3) is 5.91 Å². The maximum Gasteiger partial charge on any atom is 0.273 e. The molecule has 1 saturated heterocycles. The molecular weight excluding hydrogens is 258 g/mol. The number of benzene rings is 1. The predicted octanol–water partition coefficient (Wildman–Crippen LogP) is 2.11. The molecule has 5 heteroatoms. The van der Waals surface area contributed by atoms with E-state index in [-0.39, 0.29) is 5.91 Å². The Bertz CT molecular complexity index is 533. The van der Waals surface area contributed by atoms with E-state index in [1.807, 2.05) is 28.5 Å². The number of hydrogen-bond donors (Lipinski definition) is 0. The Morgan fingerprint density at radius 1 is 1.11 bits per heavy atom. The molecule has 3 rings (SSSR count). The van der Waals surface area contributed by atoms with E-state index in [0.29, 0.717) is 5.69 Å². The number of para-hydroxylation sites is 1. The number of nitrogens with zero attached hydrogens (tertiary/aromatic N) is 3. The molecule has 0 saturated carbocycles. The Labute approximate surface area is 116 Å². The third-order valence-electron chi connectivity index (χ3n) is 3.34. The smallest absolute Gasteiger partial charge is 0.273 e. The number of hydrogen-bond acceptors (Lipinski definition) is 4. The van der Waals surface area contributed by atoms with E-state index in [9.17, 15) is 4.79 Å². The average molecular weight is 273 g/mol. The van der Waals surface area contributed by atoms with E-state index in [2.05, 4.69) is 22.0 Å². The van der Waals surface area contributed by atoms with Gasteiger partial charge in [-0.25, -0.2) is 4.98 Å². The third-order valence-corrected chi connectivity index (χ3v) is 3.93. The molecule has 0 N–H and O–H groups in total. The van der Waals surface area contributed by atoms with E-state index < -0.39 is 0 Å². The fourth-order valence-electron chi connectivity index (χ4n) is 2.29. The molecule has 1 aromatic heterocycles. The molecule has 2 aromatic rings. The second-order valence-corrected chi connectivity index (χ2v) is 5.21. The van der Waals surface area contributed by atoms with Crippen LogP contribution in [0, 0.1) is 0 Å². The molecule has 98 valence electrons. The SMILES string of the molecule is O=C(c1cscn1)N1CCN(c2ccccc2)CC1. The Morgan fingerprint density at radius 3 is 2.47 bits per heavy atom. The fourth-order valence-corrected chi connectivity index (χ4v) is 2.81.